The minimum Gasteiger partial charge on any atom is -0.385 e. The van der Waals surface area contributed by atoms with Crippen LogP contribution in [0.25, 0.3) is 0 Å². The highest BCUT2D eigenvalue weighted by Crippen LogP contribution is 2.28. The highest BCUT2D eigenvalue weighted by Gasteiger charge is 2.17. The summed E-state index contributed by atoms with van der Waals surface area (Å²) in [7, 11) is 0. The van der Waals surface area contributed by atoms with Crippen molar-refractivity contribution < 1.29 is 5.11 Å². The van der Waals surface area contributed by atoms with Gasteiger partial charge in [-0.3, -0.25) is 0 Å². The summed E-state index contributed by atoms with van der Waals surface area (Å²) in [5.74, 6) is 0.108. The molecule has 0 aliphatic carbocycles. The van der Waals surface area contributed by atoms with E-state index in [2.05, 4.69) is 31.1 Å². The Kier molecular flexibility index (Phi) is 3.15. The van der Waals surface area contributed by atoms with Gasteiger partial charge in [0.25, 0.3) is 0 Å². The van der Waals surface area contributed by atoms with Crippen molar-refractivity contribution in [2.45, 2.75) is 30.5 Å². The van der Waals surface area contributed by atoms with Crippen LogP contribution in [0.1, 0.15) is 26.5 Å². The molecule has 0 saturated heterocycles. The second kappa shape index (κ2) is 3.77. The SMILES string of the molecule is CC(C)(C)c1csc(SCO)n1. The first-order chi connectivity index (χ1) is 5.54. The Labute approximate surface area is 81.0 Å². The number of aliphatic hydroxyl groups is 1. The molecule has 0 aromatic carbocycles. The number of thioether (sulfide) groups is 1. The molecule has 0 spiro atoms. The Bertz CT molecular complexity index is 252. The van der Waals surface area contributed by atoms with Gasteiger partial charge in [0.1, 0.15) is 0 Å². The average Bonchev–Trinajstić information content (AvgIpc) is 2.35. The maximum Gasteiger partial charge on any atom is 0.152 e. The van der Waals surface area contributed by atoms with Crippen molar-refractivity contribution in [2.24, 2.45) is 0 Å². The Balaban J connectivity index is 2.77. The largest absolute Gasteiger partial charge is 0.385 e. The Morgan fingerprint density at radius 1 is 1.58 bits per heavy atom. The molecule has 1 rings (SSSR count). The fourth-order valence-corrected chi connectivity index (χ4v) is 2.34. The van der Waals surface area contributed by atoms with Crippen LogP contribution in [0.3, 0.4) is 0 Å². The lowest BCUT2D eigenvalue weighted by atomic mass is 9.93. The van der Waals surface area contributed by atoms with E-state index in [1.807, 2.05) is 0 Å². The highest BCUT2D eigenvalue weighted by molar-refractivity contribution is 8.00. The lowest BCUT2D eigenvalue weighted by Gasteiger charge is -2.13. The van der Waals surface area contributed by atoms with Crippen molar-refractivity contribution in [3.8, 4) is 0 Å². The highest BCUT2D eigenvalue weighted by atomic mass is 32.2. The van der Waals surface area contributed by atoms with Gasteiger partial charge < -0.3 is 5.11 Å². The molecular formula is C8H13NOS2. The van der Waals surface area contributed by atoms with Crippen molar-refractivity contribution in [3.05, 3.63) is 11.1 Å². The molecule has 0 atom stereocenters. The normalized spacial score (nSPS) is 12.0. The molecule has 68 valence electrons. The predicted octanol–water partition coefficient (Wildman–Crippen LogP) is 2.48. The molecule has 4 heteroatoms. The monoisotopic (exact) mass is 203 g/mol. The van der Waals surface area contributed by atoms with E-state index in [4.69, 9.17) is 5.11 Å². The van der Waals surface area contributed by atoms with Crippen LogP contribution < -0.4 is 0 Å². The third-order valence-corrected chi connectivity index (χ3v) is 3.18. The molecule has 0 aliphatic heterocycles. The molecule has 0 radical (unpaired) electrons. The van der Waals surface area contributed by atoms with Gasteiger partial charge in [0.2, 0.25) is 0 Å². The van der Waals surface area contributed by atoms with Gasteiger partial charge in [-0.25, -0.2) is 4.98 Å². The molecule has 1 heterocycles. The minimum atomic E-state index is 0.108. The first-order valence-electron chi connectivity index (χ1n) is 3.73. The molecule has 1 aromatic rings. The number of nitrogens with zero attached hydrogens (tertiary/aromatic N) is 1. The van der Waals surface area contributed by atoms with Gasteiger partial charge in [-0.05, 0) is 0 Å². The smallest absolute Gasteiger partial charge is 0.152 e. The van der Waals surface area contributed by atoms with Crippen LogP contribution in [0.2, 0.25) is 0 Å². The second-order valence-electron chi connectivity index (χ2n) is 3.52. The number of rotatable bonds is 2. The third kappa shape index (κ3) is 2.47. The molecule has 1 aromatic heterocycles. The maximum atomic E-state index is 8.66. The lowest BCUT2D eigenvalue weighted by molar-refractivity contribution is 0.375. The van der Waals surface area contributed by atoms with E-state index < -0.39 is 0 Å². The number of aliphatic hydroxyl groups excluding tert-OH is 1. The molecule has 0 fully saturated rings. The van der Waals surface area contributed by atoms with Gasteiger partial charge in [0.05, 0.1) is 11.6 Å². The molecule has 1 N–H and O–H groups in total. The Morgan fingerprint density at radius 2 is 2.25 bits per heavy atom. The summed E-state index contributed by atoms with van der Waals surface area (Å²) >= 11 is 2.97. The third-order valence-electron chi connectivity index (χ3n) is 1.44. The standard InChI is InChI=1S/C8H13NOS2/c1-8(2,3)6-4-11-7(9-6)12-5-10/h4,10H,5H2,1-3H3. The van der Waals surface area contributed by atoms with Crippen molar-refractivity contribution in [2.75, 3.05) is 5.94 Å². The number of thiazole rings is 1. The van der Waals surface area contributed by atoms with E-state index in [0.717, 1.165) is 10.0 Å². The quantitative estimate of drug-likeness (QED) is 0.592. The zero-order valence-corrected chi connectivity index (χ0v) is 9.13. The topological polar surface area (TPSA) is 33.1 Å². The molecule has 0 aliphatic rings. The van der Waals surface area contributed by atoms with Crippen molar-refractivity contribution in [1.29, 1.82) is 0 Å². The summed E-state index contributed by atoms with van der Waals surface area (Å²) in [6.45, 7) is 6.40. The summed E-state index contributed by atoms with van der Waals surface area (Å²) in [6, 6.07) is 0. The summed E-state index contributed by atoms with van der Waals surface area (Å²) < 4.78 is 0.947. The van der Waals surface area contributed by atoms with E-state index in [-0.39, 0.29) is 11.4 Å². The van der Waals surface area contributed by atoms with E-state index in [1.165, 1.54) is 11.8 Å². The van der Waals surface area contributed by atoms with E-state index >= 15 is 0 Å². The maximum absolute atomic E-state index is 8.66. The Morgan fingerprint density at radius 3 is 2.67 bits per heavy atom. The van der Waals surface area contributed by atoms with Crippen LogP contribution in [0.15, 0.2) is 9.72 Å². The van der Waals surface area contributed by atoms with E-state index in [9.17, 15) is 0 Å². The minimum absolute atomic E-state index is 0.108. The Hall–Kier alpha value is -0.0600. The molecule has 0 saturated carbocycles. The van der Waals surface area contributed by atoms with E-state index in [1.54, 1.807) is 11.3 Å². The zero-order chi connectivity index (χ0) is 9.19. The van der Waals surface area contributed by atoms with Crippen LogP contribution in [0.5, 0.6) is 0 Å². The van der Waals surface area contributed by atoms with Gasteiger partial charge in [-0.15, -0.1) is 11.3 Å². The molecule has 0 amide bonds. The molecule has 2 nitrogen and oxygen atoms in total. The fourth-order valence-electron chi connectivity index (χ4n) is 0.723. The van der Waals surface area contributed by atoms with Gasteiger partial charge in [-0.1, -0.05) is 32.5 Å². The van der Waals surface area contributed by atoms with Crippen LogP contribution in [-0.2, 0) is 5.41 Å². The summed E-state index contributed by atoms with van der Waals surface area (Å²) in [4.78, 5) is 4.39. The van der Waals surface area contributed by atoms with Gasteiger partial charge in [0.15, 0.2) is 4.34 Å². The first kappa shape index (κ1) is 10.0. The van der Waals surface area contributed by atoms with E-state index in [0.29, 0.717) is 0 Å². The molecule has 12 heavy (non-hydrogen) atoms. The fraction of sp³-hybridized carbons (Fsp3) is 0.625. The van der Waals surface area contributed by atoms with Gasteiger partial charge >= 0.3 is 0 Å². The van der Waals surface area contributed by atoms with Crippen LogP contribution in [0.4, 0.5) is 0 Å². The van der Waals surface area contributed by atoms with Crippen molar-refractivity contribution >= 4 is 23.1 Å². The van der Waals surface area contributed by atoms with Crippen molar-refractivity contribution in [1.82, 2.24) is 4.98 Å². The van der Waals surface area contributed by atoms with Crippen LogP contribution >= 0.6 is 23.1 Å². The summed E-state index contributed by atoms with van der Waals surface area (Å²) in [5, 5.41) is 10.7. The molecule has 0 bridgehead atoms. The number of hydrogen-bond donors (Lipinski definition) is 1. The summed E-state index contributed by atoms with van der Waals surface area (Å²) in [5.41, 5.74) is 1.22. The van der Waals surface area contributed by atoms with Crippen LogP contribution in [-0.4, -0.2) is 16.0 Å². The molecular weight excluding hydrogens is 190 g/mol. The summed E-state index contributed by atoms with van der Waals surface area (Å²) in [6.07, 6.45) is 0. The first-order valence-corrected chi connectivity index (χ1v) is 5.60. The van der Waals surface area contributed by atoms with Crippen molar-refractivity contribution in [3.63, 3.8) is 0 Å². The second-order valence-corrected chi connectivity index (χ2v) is 5.57. The number of aromatic nitrogens is 1. The lowest BCUT2D eigenvalue weighted by Crippen LogP contribution is -2.11. The van der Waals surface area contributed by atoms with Gasteiger partial charge in [-0.2, -0.15) is 0 Å². The average molecular weight is 203 g/mol. The number of hydrogen-bond acceptors (Lipinski definition) is 4. The van der Waals surface area contributed by atoms with Gasteiger partial charge in [0, 0.05) is 10.8 Å². The van der Waals surface area contributed by atoms with Crippen LogP contribution in [0, 0.1) is 0 Å². The molecule has 0 unspecified atom stereocenters. The zero-order valence-electron chi connectivity index (χ0n) is 7.50. The predicted molar refractivity (Wildman–Crippen MR) is 53.8 cm³/mol.